The monoisotopic (exact) mass is 500 g/mol. The molecule has 0 saturated heterocycles. The van der Waals surface area contributed by atoms with E-state index in [1.54, 1.807) is 44.2 Å². The summed E-state index contributed by atoms with van der Waals surface area (Å²) in [5, 5.41) is 0. The number of aryl methyl sites for hydroxylation is 1. The summed E-state index contributed by atoms with van der Waals surface area (Å²) in [6.45, 7) is 3.85. The van der Waals surface area contributed by atoms with Gasteiger partial charge in [-0.2, -0.15) is 0 Å². The van der Waals surface area contributed by atoms with E-state index < -0.39 is 33.1 Å². The zero-order chi connectivity index (χ0) is 25.3. The fraction of sp³-hybridized carbons (Fsp3) is 0.292. The number of rotatable bonds is 8. The maximum absolute atomic E-state index is 14.4. The molecule has 0 spiro atoms. The zero-order valence-corrected chi connectivity index (χ0v) is 20.5. The summed E-state index contributed by atoms with van der Waals surface area (Å²) in [7, 11) is -2.08. The number of benzene rings is 1. The van der Waals surface area contributed by atoms with Gasteiger partial charge in [0.05, 0.1) is 36.7 Å². The van der Waals surface area contributed by atoms with Crippen molar-refractivity contribution in [1.29, 1.82) is 0 Å². The molecule has 1 aromatic carbocycles. The van der Waals surface area contributed by atoms with Crippen molar-refractivity contribution in [2.75, 3.05) is 25.7 Å². The van der Waals surface area contributed by atoms with E-state index in [2.05, 4.69) is 15.0 Å². The second-order valence-electron chi connectivity index (χ2n) is 8.06. The molecule has 0 aliphatic rings. The molecule has 35 heavy (non-hydrogen) atoms. The van der Waals surface area contributed by atoms with Crippen molar-refractivity contribution in [3.8, 4) is 22.8 Å². The number of sulfone groups is 1. The van der Waals surface area contributed by atoms with Gasteiger partial charge in [-0.1, -0.05) is 18.2 Å². The van der Waals surface area contributed by atoms with Gasteiger partial charge in [0.15, 0.2) is 11.4 Å². The first kappa shape index (κ1) is 24.4. The van der Waals surface area contributed by atoms with Crippen LogP contribution in [0.25, 0.3) is 22.3 Å². The van der Waals surface area contributed by atoms with Gasteiger partial charge in [-0.15, -0.1) is 0 Å². The number of ether oxygens (including phenoxy) is 2. The number of H-pyrrole nitrogens is 1. The molecule has 0 saturated carbocycles. The predicted molar refractivity (Wildman–Crippen MR) is 130 cm³/mol. The number of nitrogens with zero attached hydrogens (tertiary/aromatic N) is 3. The highest BCUT2D eigenvalue weighted by Gasteiger charge is 2.27. The van der Waals surface area contributed by atoms with Crippen LogP contribution < -0.4 is 15.2 Å². The number of aromatic nitrogens is 4. The molecule has 184 valence electrons. The largest absolute Gasteiger partial charge is 0.491 e. The average molecular weight is 501 g/mol. The number of halogens is 1. The summed E-state index contributed by atoms with van der Waals surface area (Å²) in [5.74, 6) is -0.256. The molecule has 11 heteroatoms. The van der Waals surface area contributed by atoms with Crippen LogP contribution in [0.3, 0.4) is 0 Å². The second kappa shape index (κ2) is 9.49. The van der Waals surface area contributed by atoms with Crippen LogP contribution in [0.1, 0.15) is 24.2 Å². The minimum Gasteiger partial charge on any atom is -0.491 e. The summed E-state index contributed by atoms with van der Waals surface area (Å²) < 4.78 is 51.2. The van der Waals surface area contributed by atoms with Gasteiger partial charge >= 0.3 is 5.69 Å². The normalized spacial score (nSPS) is 12.6. The summed E-state index contributed by atoms with van der Waals surface area (Å²) in [6, 6.07) is 8.47. The maximum Gasteiger partial charge on any atom is 0.328 e. The highest BCUT2D eigenvalue weighted by Crippen LogP contribution is 2.32. The van der Waals surface area contributed by atoms with Gasteiger partial charge in [0.2, 0.25) is 0 Å². The molecule has 0 aliphatic heterocycles. The summed E-state index contributed by atoms with van der Waals surface area (Å²) in [6.07, 6.45) is 2.56. The van der Waals surface area contributed by atoms with Crippen LogP contribution in [-0.4, -0.2) is 53.7 Å². The first-order valence-electron chi connectivity index (χ1n) is 10.8. The Morgan fingerprint density at radius 3 is 2.57 bits per heavy atom. The lowest BCUT2D eigenvalue weighted by Gasteiger charge is -2.19. The van der Waals surface area contributed by atoms with Crippen molar-refractivity contribution in [2.24, 2.45) is 0 Å². The second-order valence-corrected chi connectivity index (χ2v) is 10.2. The lowest BCUT2D eigenvalue weighted by Crippen LogP contribution is -2.29. The quantitative estimate of drug-likeness (QED) is 0.395. The molecule has 3 aromatic heterocycles. The lowest BCUT2D eigenvalue weighted by molar-refractivity contribution is 0.296. The van der Waals surface area contributed by atoms with Crippen molar-refractivity contribution in [2.45, 2.75) is 19.9 Å². The molecule has 4 rings (SSSR count). The molecule has 0 aliphatic carbocycles. The minimum atomic E-state index is -3.55. The van der Waals surface area contributed by atoms with Gasteiger partial charge in [0.1, 0.15) is 15.7 Å². The Bertz CT molecular complexity index is 1560. The van der Waals surface area contributed by atoms with Crippen molar-refractivity contribution in [1.82, 2.24) is 19.5 Å². The zero-order valence-electron chi connectivity index (χ0n) is 19.7. The van der Waals surface area contributed by atoms with Gasteiger partial charge in [0, 0.05) is 23.6 Å². The number of pyridine rings is 2. The Kier molecular flexibility index (Phi) is 6.62. The van der Waals surface area contributed by atoms with Crippen LogP contribution >= 0.6 is 0 Å². The summed E-state index contributed by atoms with van der Waals surface area (Å²) in [5.41, 5.74) is 1.81. The number of imidazole rings is 1. The molecule has 1 unspecified atom stereocenters. The highest BCUT2D eigenvalue weighted by molar-refractivity contribution is 7.90. The van der Waals surface area contributed by atoms with Crippen LogP contribution in [-0.2, 0) is 9.84 Å². The molecule has 4 aromatic rings. The van der Waals surface area contributed by atoms with Crippen LogP contribution in [0.2, 0.25) is 0 Å². The third-order valence-electron chi connectivity index (χ3n) is 5.62. The van der Waals surface area contributed by atoms with E-state index in [0.717, 1.165) is 6.26 Å². The van der Waals surface area contributed by atoms with E-state index in [4.69, 9.17) is 9.47 Å². The maximum atomic E-state index is 14.4. The highest BCUT2D eigenvalue weighted by atomic mass is 32.2. The first-order valence-corrected chi connectivity index (χ1v) is 12.9. The van der Waals surface area contributed by atoms with Crippen molar-refractivity contribution in [3.63, 3.8) is 0 Å². The Morgan fingerprint density at radius 2 is 1.91 bits per heavy atom. The Labute approximate surface area is 201 Å². The summed E-state index contributed by atoms with van der Waals surface area (Å²) in [4.78, 5) is 24.8. The van der Waals surface area contributed by atoms with Crippen LogP contribution in [0.15, 0.2) is 47.4 Å². The third kappa shape index (κ3) is 4.76. The number of aromatic amines is 1. The van der Waals surface area contributed by atoms with Crippen LogP contribution in [0, 0.1) is 12.7 Å². The standard InChI is InChI=1S/C24H25FN4O5S/c1-5-34-23-20(33-3)11-10-18(27-23)19(13-35(4,31)32)29-22-21(28-24(29)30)14(2)16(12-26-22)15-8-6-7-9-17(15)25/h6-12,19H,5,13H2,1-4H3,(H,28,30). The van der Waals surface area contributed by atoms with Gasteiger partial charge in [-0.25, -0.2) is 27.6 Å². The van der Waals surface area contributed by atoms with E-state index in [1.165, 1.54) is 23.9 Å². The molecule has 3 heterocycles. The molecule has 0 radical (unpaired) electrons. The van der Waals surface area contributed by atoms with Crippen LogP contribution in [0.5, 0.6) is 11.6 Å². The van der Waals surface area contributed by atoms with Crippen LogP contribution in [0.4, 0.5) is 4.39 Å². The third-order valence-corrected chi connectivity index (χ3v) is 6.54. The smallest absolute Gasteiger partial charge is 0.328 e. The molecule has 0 bridgehead atoms. The number of hydrogen-bond donors (Lipinski definition) is 1. The van der Waals surface area contributed by atoms with Gasteiger partial charge in [-0.3, -0.25) is 4.57 Å². The average Bonchev–Trinajstić information content (AvgIpc) is 3.15. The molecule has 0 fully saturated rings. The Balaban J connectivity index is 1.94. The predicted octanol–water partition coefficient (Wildman–Crippen LogP) is 3.28. The van der Waals surface area contributed by atoms with Crippen molar-refractivity contribution >= 4 is 21.0 Å². The molecule has 0 amide bonds. The Hall–Kier alpha value is -3.73. The summed E-state index contributed by atoms with van der Waals surface area (Å²) >= 11 is 0. The van der Waals surface area contributed by atoms with Crippen molar-refractivity contribution in [3.05, 3.63) is 70.2 Å². The van der Waals surface area contributed by atoms with Gasteiger partial charge < -0.3 is 14.5 Å². The SMILES string of the molecule is CCOc1nc(C(CS(C)(=O)=O)n2c(=O)[nH]c3c(C)c(-c4ccccc4F)cnc32)ccc1OC. The van der Waals surface area contributed by atoms with E-state index in [9.17, 15) is 17.6 Å². The molecule has 9 nitrogen and oxygen atoms in total. The first-order chi connectivity index (χ1) is 16.6. The lowest BCUT2D eigenvalue weighted by atomic mass is 10.0. The number of nitrogens with one attached hydrogen (secondary N) is 1. The fourth-order valence-corrected chi connectivity index (χ4v) is 4.92. The van der Waals surface area contributed by atoms with Gasteiger partial charge in [0.25, 0.3) is 5.88 Å². The van der Waals surface area contributed by atoms with E-state index in [-0.39, 0.29) is 11.5 Å². The molecule has 1 N–H and O–H groups in total. The Morgan fingerprint density at radius 1 is 1.17 bits per heavy atom. The molecule has 1 atom stereocenters. The van der Waals surface area contributed by atoms with E-state index >= 15 is 0 Å². The number of fused-ring (bicyclic) bond motifs is 1. The van der Waals surface area contributed by atoms with Gasteiger partial charge in [-0.05, 0) is 37.6 Å². The topological polar surface area (TPSA) is 116 Å². The number of hydrogen-bond acceptors (Lipinski definition) is 7. The fourth-order valence-electron chi connectivity index (χ4n) is 4.03. The molecular weight excluding hydrogens is 475 g/mol. The molecular formula is C24H25FN4O5S. The minimum absolute atomic E-state index is 0.185. The van der Waals surface area contributed by atoms with E-state index in [1.807, 2.05) is 0 Å². The number of methoxy groups -OCH3 is 1. The van der Waals surface area contributed by atoms with E-state index in [0.29, 0.717) is 40.3 Å². The van der Waals surface area contributed by atoms with Crippen molar-refractivity contribution < 1.29 is 22.3 Å².